The predicted octanol–water partition coefficient (Wildman–Crippen LogP) is 1.25. The van der Waals surface area contributed by atoms with Crippen LogP contribution >= 0.6 is 0 Å². The van der Waals surface area contributed by atoms with Crippen molar-refractivity contribution in [3.05, 3.63) is 30.5 Å². The van der Waals surface area contributed by atoms with Gasteiger partial charge in [0.2, 0.25) is 5.95 Å². The van der Waals surface area contributed by atoms with Gasteiger partial charge in [0, 0.05) is 51.1 Å². The van der Waals surface area contributed by atoms with Crippen LogP contribution in [0.25, 0.3) is 0 Å². The zero-order chi connectivity index (χ0) is 18.0. The van der Waals surface area contributed by atoms with Crippen molar-refractivity contribution in [2.45, 2.75) is 37.3 Å². The zero-order valence-electron chi connectivity index (χ0n) is 15.1. The zero-order valence-corrected chi connectivity index (χ0v) is 15.1. The molecule has 140 valence electrons. The molecule has 0 saturated carbocycles. The van der Waals surface area contributed by atoms with E-state index in [0.717, 1.165) is 44.2 Å². The van der Waals surface area contributed by atoms with Gasteiger partial charge in [0.05, 0.1) is 30.8 Å². The summed E-state index contributed by atoms with van der Waals surface area (Å²) in [5.41, 5.74) is 0.342. The molecule has 0 bridgehead atoms. The molecule has 2 saturated heterocycles. The largest absolute Gasteiger partial charge is 0.388 e. The molecule has 2 aliphatic rings. The van der Waals surface area contributed by atoms with Crippen LogP contribution in [0.2, 0.25) is 0 Å². The van der Waals surface area contributed by atoms with Crippen LogP contribution in [-0.4, -0.2) is 63.6 Å². The molecule has 8 heteroatoms. The second-order valence-corrected chi connectivity index (χ2v) is 7.23. The summed E-state index contributed by atoms with van der Waals surface area (Å²) < 4.78 is 7.45. The maximum Gasteiger partial charge on any atom is 0.224 e. The Labute approximate surface area is 153 Å². The van der Waals surface area contributed by atoms with Crippen LogP contribution in [0.3, 0.4) is 0 Å². The highest BCUT2D eigenvalue weighted by atomic mass is 16.5. The SMILES string of the molecule is CNc1nc([C@@H]2CCOC2)cc(N2CCC(O)(Cn3ccnc3)CC2)n1. The van der Waals surface area contributed by atoms with E-state index in [0.29, 0.717) is 31.3 Å². The maximum absolute atomic E-state index is 10.9. The summed E-state index contributed by atoms with van der Waals surface area (Å²) in [6.07, 6.45) is 7.79. The average molecular weight is 358 g/mol. The molecule has 0 aromatic carbocycles. The molecule has 0 amide bonds. The van der Waals surface area contributed by atoms with Crippen molar-refractivity contribution in [1.82, 2.24) is 19.5 Å². The molecule has 2 aliphatic heterocycles. The number of piperidine rings is 1. The summed E-state index contributed by atoms with van der Waals surface area (Å²) in [4.78, 5) is 15.6. The highest BCUT2D eigenvalue weighted by Gasteiger charge is 2.33. The van der Waals surface area contributed by atoms with E-state index in [9.17, 15) is 5.11 Å². The second kappa shape index (κ2) is 7.20. The third-order valence-corrected chi connectivity index (χ3v) is 5.36. The molecule has 8 nitrogen and oxygen atoms in total. The van der Waals surface area contributed by atoms with Crippen molar-refractivity contribution >= 4 is 11.8 Å². The lowest BCUT2D eigenvalue weighted by Gasteiger charge is -2.39. The fraction of sp³-hybridized carbons (Fsp3) is 0.611. The Bertz CT molecular complexity index is 721. The summed E-state index contributed by atoms with van der Waals surface area (Å²) in [6.45, 7) is 3.64. The fourth-order valence-electron chi connectivity index (χ4n) is 3.73. The standard InChI is InChI=1S/C18H26N6O2/c1-19-17-21-15(14-2-9-26-11-14)10-16(22-17)24-6-3-18(25,4-7-24)12-23-8-5-20-13-23/h5,8,10,13-14,25H,2-4,6-7,9,11-12H2,1H3,(H,19,21,22)/t14-/m1/s1. The lowest BCUT2D eigenvalue weighted by atomic mass is 9.91. The maximum atomic E-state index is 10.9. The van der Waals surface area contributed by atoms with Gasteiger partial charge in [-0.2, -0.15) is 4.98 Å². The molecular formula is C18H26N6O2. The Morgan fingerprint density at radius 1 is 1.35 bits per heavy atom. The summed E-state index contributed by atoms with van der Waals surface area (Å²) in [5, 5.41) is 14.0. The lowest BCUT2D eigenvalue weighted by Crippen LogP contribution is -2.47. The molecule has 0 radical (unpaired) electrons. The molecule has 2 aromatic rings. The molecule has 0 aliphatic carbocycles. The number of nitrogens with one attached hydrogen (secondary N) is 1. The summed E-state index contributed by atoms with van der Waals surface area (Å²) in [6, 6.07) is 2.08. The van der Waals surface area contributed by atoms with Gasteiger partial charge in [-0.25, -0.2) is 9.97 Å². The van der Waals surface area contributed by atoms with Crippen LogP contribution in [0.1, 0.15) is 30.9 Å². The second-order valence-electron chi connectivity index (χ2n) is 7.23. The average Bonchev–Trinajstić information content (AvgIpc) is 3.35. The van der Waals surface area contributed by atoms with Crippen LogP contribution in [-0.2, 0) is 11.3 Å². The smallest absolute Gasteiger partial charge is 0.224 e. The molecule has 26 heavy (non-hydrogen) atoms. The van der Waals surface area contributed by atoms with Gasteiger partial charge in [-0.05, 0) is 19.3 Å². The van der Waals surface area contributed by atoms with Gasteiger partial charge < -0.3 is 24.6 Å². The molecule has 4 heterocycles. The first-order valence-corrected chi connectivity index (χ1v) is 9.23. The van der Waals surface area contributed by atoms with Crippen molar-refractivity contribution in [1.29, 1.82) is 0 Å². The third-order valence-electron chi connectivity index (χ3n) is 5.36. The van der Waals surface area contributed by atoms with Crippen LogP contribution < -0.4 is 10.2 Å². The Balaban J connectivity index is 1.47. The van der Waals surface area contributed by atoms with E-state index in [4.69, 9.17) is 4.74 Å². The van der Waals surface area contributed by atoms with Gasteiger partial charge in [-0.15, -0.1) is 0 Å². The lowest BCUT2D eigenvalue weighted by molar-refractivity contribution is -0.000178. The number of hydrogen-bond donors (Lipinski definition) is 2. The van der Waals surface area contributed by atoms with E-state index in [1.807, 2.05) is 17.8 Å². The summed E-state index contributed by atoms with van der Waals surface area (Å²) in [5.74, 6) is 1.91. The molecule has 4 rings (SSSR count). The number of anilines is 2. The third kappa shape index (κ3) is 3.66. The first-order valence-electron chi connectivity index (χ1n) is 9.23. The van der Waals surface area contributed by atoms with Crippen LogP contribution in [0, 0.1) is 0 Å². The van der Waals surface area contributed by atoms with Crippen molar-refractivity contribution in [2.24, 2.45) is 0 Å². The molecule has 0 unspecified atom stereocenters. The van der Waals surface area contributed by atoms with Gasteiger partial charge in [0.1, 0.15) is 5.82 Å². The van der Waals surface area contributed by atoms with E-state index < -0.39 is 5.60 Å². The molecule has 0 spiro atoms. The highest BCUT2D eigenvalue weighted by molar-refractivity contribution is 5.46. The van der Waals surface area contributed by atoms with E-state index in [2.05, 4.69) is 31.2 Å². The highest BCUT2D eigenvalue weighted by Crippen LogP contribution is 2.30. The first-order chi connectivity index (χ1) is 12.6. The van der Waals surface area contributed by atoms with Crippen molar-refractivity contribution in [2.75, 3.05) is 43.6 Å². The van der Waals surface area contributed by atoms with E-state index in [1.165, 1.54) is 0 Å². The number of aromatic nitrogens is 4. The molecule has 2 fully saturated rings. The topological polar surface area (TPSA) is 88.3 Å². The number of rotatable bonds is 5. The Morgan fingerprint density at radius 3 is 2.85 bits per heavy atom. The van der Waals surface area contributed by atoms with Gasteiger partial charge in [0.15, 0.2) is 0 Å². The number of aliphatic hydroxyl groups is 1. The quantitative estimate of drug-likeness (QED) is 0.831. The Hall–Kier alpha value is -2.19. The Kier molecular flexibility index (Phi) is 4.78. The van der Waals surface area contributed by atoms with E-state index in [1.54, 1.807) is 12.5 Å². The minimum Gasteiger partial charge on any atom is -0.388 e. The van der Waals surface area contributed by atoms with Gasteiger partial charge in [-0.3, -0.25) is 0 Å². The van der Waals surface area contributed by atoms with Gasteiger partial charge in [0.25, 0.3) is 0 Å². The number of nitrogens with zero attached hydrogens (tertiary/aromatic N) is 5. The molecular weight excluding hydrogens is 332 g/mol. The van der Waals surface area contributed by atoms with Crippen molar-refractivity contribution < 1.29 is 9.84 Å². The minimum atomic E-state index is -0.696. The predicted molar refractivity (Wildman–Crippen MR) is 98.4 cm³/mol. The van der Waals surface area contributed by atoms with E-state index >= 15 is 0 Å². The number of hydrogen-bond acceptors (Lipinski definition) is 7. The van der Waals surface area contributed by atoms with E-state index in [-0.39, 0.29) is 0 Å². The molecule has 2 N–H and O–H groups in total. The monoisotopic (exact) mass is 358 g/mol. The summed E-state index contributed by atoms with van der Waals surface area (Å²) >= 11 is 0. The normalized spacial score (nSPS) is 22.5. The van der Waals surface area contributed by atoms with Crippen LogP contribution in [0.5, 0.6) is 0 Å². The van der Waals surface area contributed by atoms with Crippen LogP contribution in [0.15, 0.2) is 24.8 Å². The number of ether oxygens (including phenoxy) is 1. The summed E-state index contributed by atoms with van der Waals surface area (Å²) in [7, 11) is 1.84. The number of imidazole rings is 1. The Morgan fingerprint density at radius 2 is 2.19 bits per heavy atom. The fourth-order valence-corrected chi connectivity index (χ4v) is 3.73. The molecule has 1 atom stereocenters. The molecule has 2 aromatic heterocycles. The van der Waals surface area contributed by atoms with Crippen molar-refractivity contribution in [3.63, 3.8) is 0 Å². The first kappa shape index (κ1) is 17.2. The van der Waals surface area contributed by atoms with Gasteiger partial charge >= 0.3 is 0 Å². The van der Waals surface area contributed by atoms with Crippen LogP contribution in [0.4, 0.5) is 11.8 Å². The minimum absolute atomic E-state index is 0.340. The van der Waals surface area contributed by atoms with Gasteiger partial charge in [-0.1, -0.05) is 0 Å². The van der Waals surface area contributed by atoms with Crippen molar-refractivity contribution in [3.8, 4) is 0 Å².